The summed E-state index contributed by atoms with van der Waals surface area (Å²) in [6.45, 7) is 8.34. The molecule has 96 valence electrons. The van der Waals surface area contributed by atoms with E-state index < -0.39 is 0 Å². The van der Waals surface area contributed by atoms with E-state index in [0.717, 1.165) is 25.9 Å². The van der Waals surface area contributed by atoms with Gasteiger partial charge >= 0.3 is 0 Å². The number of carbonyl (C=O) groups is 1. The van der Waals surface area contributed by atoms with Crippen LogP contribution < -0.4 is 5.32 Å². The summed E-state index contributed by atoms with van der Waals surface area (Å²) in [7, 11) is 1.92. The van der Waals surface area contributed by atoms with E-state index in [-0.39, 0.29) is 18.3 Å². The molecule has 2 unspecified atom stereocenters. The van der Waals surface area contributed by atoms with Crippen molar-refractivity contribution < 1.29 is 4.79 Å². The SMILES string of the molecule is CCCN(C)C(=O)C1CCNC1C(C)C.Cl. The van der Waals surface area contributed by atoms with E-state index in [9.17, 15) is 4.79 Å². The van der Waals surface area contributed by atoms with Crippen molar-refractivity contribution in [2.24, 2.45) is 11.8 Å². The summed E-state index contributed by atoms with van der Waals surface area (Å²) in [5, 5.41) is 3.44. The second kappa shape index (κ2) is 7.13. The molecule has 0 aliphatic carbocycles. The minimum Gasteiger partial charge on any atom is -0.345 e. The van der Waals surface area contributed by atoms with Gasteiger partial charge in [-0.25, -0.2) is 0 Å². The first-order chi connectivity index (χ1) is 7.07. The van der Waals surface area contributed by atoms with Gasteiger partial charge in [0.1, 0.15) is 0 Å². The molecule has 1 aliphatic heterocycles. The molecule has 4 heteroatoms. The third kappa shape index (κ3) is 3.63. The molecule has 1 fully saturated rings. The summed E-state index contributed by atoms with van der Waals surface area (Å²) in [5.74, 6) is 1.05. The molecule has 0 spiro atoms. The molecule has 1 saturated heterocycles. The average Bonchev–Trinajstić information content (AvgIpc) is 2.65. The number of hydrogen-bond donors (Lipinski definition) is 1. The van der Waals surface area contributed by atoms with Gasteiger partial charge in [0.15, 0.2) is 0 Å². The number of rotatable bonds is 4. The molecule has 16 heavy (non-hydrogen) atoms. The predicted molar refractivity (Wildman–Crippen MR) is 69.9 cm³/mol. The Morgan fingerprint density at radius 3 is 2.62 bits per heavy atom. The summed E-state index contributed by atoms with van der Waals surface area (Å²) in [4.78, 5) is 14.0. The van der Waals surface area contributed by atoms with Crippen LogP contribution in [0.25, 0.3) is 0 Å². The van der Waals surface area contributed by atoms with Crippen molar-refractivity contribution >= 4 is 18.3 Å². The molecule has 0 bridgehead atoms. The normalized spacial score (nSPS) is 24.3. The number of halogens is 1. The molecule has 3 nitrogen and oxygen atoms in total. The van der Waals surface area contributed by atoms with Crippen molar-refractivity contribution in [3.8, 4) is 0 Å². The van der Waals surface area contributed by atoms with E-state index in [1.54, 1.807) is 0 Å². The molecule has 0 saturated carbocycles. The van der Waals surface area contributed by atoms with Gasteiger partial charge in [-0.15, -0.1) is 12.4 Å². The van der Waals surface area contributed by atoms with Gasteiger partial charge in [0.2, 0.25) is 5.91 Å². The van der Waals surface area contributed by atoms with E-state index >= 15 is 0 Å². The molecule has 1 rings (SSSR count). The summed E-state index contributed by atoms with van der Waals surface area (Å²) < 4.78 is 0. The molecule has 2 atom stereocenters. The molecule has 0 aromatic rings. The van der Waals surface area contributed by atoms with Gasteiger partial charge in [0, 0.05) is 19.6 Å². The van der Waals surface area contributed by atoms with Crippen LogP contribution in [-0.2, 0) is 4.79 Å². The Hall–Kier alpha value is -0.280. The summed E-state index contributed by atoms with van der Waals surface area (Å²) in [5.41, 5.74) is 0. The molecule has 0 aromatic carbocycles. The van der Waals surface area contributed by atoms with Crippen molar-refractivity contribution in [2.75, 3.05) is 20.1 Å². The zero-order valence-corrected chi connectivity index (χ0v) is 11.6. The lowest BCUT2D eigenvalue weighted by atomic mass is 9.91. The maximum Gasteiger partial charge on any atom is 0.227 e. The lowest BCUT2D eigenvalue weighted by Crippen LogP contribution is -2.42. The zero-order chi connectivity index (χ0) is 11.4. The van der Waals surface area contributed by atoms with Gasteiger partial charge < -0.3 is 10.2 Å². The first-order valence-electron chi connectivity index (χ1n) is 6.06. The summed E-state index contributed by atoms with van der Waals surface area (Å²) >= 11 is 0. The van der Waals surface area contributed by atoms with Gasteiger partial charge in [-0.3, -0.25) is 4.79 Å². The highest BCUT2D eigenvalue weighted by atomic mass is 35.5. The van der Waals surface area contributed by atoms with Crippen molar-refractivity contribution in [1.29, 1.82) is 0 Å². The van der Waals surface area contributed by atoms with Crippen LogP contribution in [0.15, 0.2) is 0 Å². The largest absolute Gasteiger partial charge is 0.345 e. The van der Waals surface area contributed by atoms with Gasteiger partial charge in [0.25, 0.3) is 0 Å². The lowest BCUT2D eigenvalue weighted by Gasteiger charge is -2.26. The van der Waals surface area contributed by atoms with E-state index in [0.29, 0.717) is 17.9 Å². The molecule has 1 aliphatic rings. The molecule has 0 radical (unpaired) electrons. The molecule has 1 heterocycles. The van der Waals surface area contributed by atoms with E-state index in [1.165, 1.54) is 0 Å². The van der Waals surface area contributed by atoms with Crippen LogP contribution in [-0.4, -0.2) is 37.0 Å². The Morgan fingerprint density at radius 1 is 1.50 bits per heavy atom. The molecule has 0 aromatic heterocycles. The minimum atomic E-state index is 0. The Bertz CT molecular complexity index is 221. The van der Waals surface area contributed by atoms with Crippen LogP contribution in [0.2, 0.25) is 0 Å². The molecule has 1 amide bonds. The third-order valence-electron chi connectivity index (χ3n) is 3.24. The standard InChI is InChI=1S/C12H24N2O.ClH/c1-5-8-14(4)12(15)10-6-7-13-11(10)9(2)3;/h9-11,13H,5-8H2,1-4H3;1H. The highest BCUT2D eigenvalue weighted by Gasteiger charge is 2.35. The van der Waals surface area contributed by atoms with Crippen LogP contribution in [0.4, 0.5) is 0 Å². The number of amides is 1. The molecular weight excluding hydrogens is 224 g/mol. The van der Waals surface area contributed by atoms with Crippen molar-refractivity contribution in [1.82, 2.24) is 10.2 Å². The Labute approximate surface area is 105 Å². The summed E-state index contributed by atoms with van der Waals surface area (Å²) in [6.07, 6.45) is 2.03. The fourth-order valence-electron chi connectivity index (χ4n) is 2.43. The van der Waals surface area contributed by atoms with Crippen LogP contribution in [0.3, 0.4) is 0 Å². The number of nitrogens with one attached hydrogen (secondary N) is 1. The minimum absolute atomic E-state index is 0. The van der Waals surface area contributed by atoms with E-state index in [4.69, 9.17) is 0 Å². The van der Waals surface area contributed by atoms with Crippen LogP contribution in [0, 0.1) is 11.8 Å². The fourth-order valence-corrected chi connectivity index (χ4v) is 2.43. The number of nitrogens with zero attached hydrogens (tertiary/aromatic N) is 1. The van der Waals surface area contributed by atoms with Crippen LogP contribution in [0.1, 0.15) is 33.6 Å². The lowest BCUT2D eigenvalue weighted by molar-refractivity contribution is -0.134. The molecule has 1 N–H and O–H groups in total. The highest BCUT2D eigenvalue weighted by Crippen LogP contribution is 2.23. The van der Waals surface area contributed by atoms with Crippen LogP contribution >= 0.6 is 12.4 Å². The Balaban J connectivity index is 0.00000225. The van der Waals surface area contributed by atoms with Crippen LogP contribution in [0.5, 0.6) is 0 Å². The number of carbonyl (C=O) groups excluding carboxylic acids is 1. The maximum absolute atomic E-state index is 12.1. The zero-order valence-electron chi connectivity index (χ0n) is 10.8. The monoisotopic (exact) mass is 248 g/mol. The first kappa shape index (κ1) is 15.7. The van der Waals surface area contributed by atoms with Crippen molar-refractivity contribution in [3.63, 3.8) is 0 Å². The Morgan fingerprint density at radius 2 is 2.12 bits per heavy atom. The first-order valence-corrected chi connectivity index (χ1v) is 6.06. The second-order valence-corrected chi connectivity index (χ2v) is 4.88. The van der Waals surface area contributed by atoms with Crippen molar-refractivity contribution in [2.45, 2.75) is 39.7 Å². The smallest absolute Gasteiger partial charge is 0.227 e. The predicted octanol–water partition coefficient (Wildman–Crippen LogP) is 1.91. The Kier molecular flexibility index (Phi) is 7.00. The number of hydrogen-bond acceptors (Lipinski definition) is 2. The topological polar surface area (TPSA) is 32.3 Å². The highest BCUT2D eigenvalue weighted by molar-refractivity contribution is 5.85. The van der Waals surface area contributed by atoms with Gasteiger partial charge in [0.05, 0.1) is 5.92 Å². The fraction of sp³-hybridized carbons (Fsp3) is 0.917. The van der Waals surface area contributed by atoms with Gasteiger partial charge in [-0.05, 0) is 25.3 Å². The summed E-state index contributed by atoms with van der Waals surface area (Å²) in [6, 6.07) is 0.372. The van der Waals surface area contributed by atoms with Gasteiger partial charge in [-0.2, -0.15) is 0 Å². The molecular formula is C12H25ClN2O. The van der Waals surface area contributed by atoms with Crippen molar-refractivity contribution in [3.05, 3.63) is 0 Å². The quantitative estimate of drug-likeness (QED) is 0.825. The van der Waals surface area contributed by atoms with E-state index in [1.807, 2.05) is 11.9 Å². The third-order valence-corrected chi connectivity index (χ3v) is 3.24. The second-order valence-electron chi connectivity index (χ2n) is 4.88. The van der Waals surface area contributed by atoms with Gasteiger partial charge in [-0.1, -0.05) is 20.8 Å². The average molecular weight is 249 g/mol. The maximum atomic E-state index is 12.1. The van der Waals surface area contributed by atoms with E-state index in [2.05, 4.69) is 26.1 Å².